The third-order valence-electron chi connectivity index (χ3n) is 5.24. The molecule has 2 unspecified atom stereocenters. The standard InChI is InChI=1S/C22H39N5O4S/c1-8-10-17(9-2)27(30)16(3)23-19(28)18-15-24(7)20(32-18)25-11-13-26(14-12-25)21(29)31-22(4,5)6/h9,15-16,20,30H,8,10-14H2,1-7H3,(H,23,28). The van der Waals surface area contributed by atoms with Gasteiger partial charge in [-0.25, -0.2) is 9.86 Å². The summed E-state index contributed by atoms with van der Waals surface area (Å²) < 4.78 is 5.47. The van der Waals surface area contributed by atoms with Crippen LogP contribution in [-0.4, -0.2) is 87.5 Å². The Morgan fingerprint density at radius 2 is 1.97 bits per heavy atom. The third kappa shape index (κ3) is 7.05. The van der Waals surface area contributed by atoms with Gasteiger partial charge in [-0.15, -0.1) is 0 Å². The lowest BCUT2D eigenvalue weighted by atomic mass is 10.2. The number of carbonyl (C=O) groups is 2. The molecule has 2 rings (SSSR count). The quantitative estimate of drug-likeness (QED) is 0.434. The van der Waals surface area contributed by atoms with Crippen LogP contribution in [0.4, 0.5) is 4.79 Å². The highest BCUT2D eigenvalue weighted by molar-refractivity contribution is 8.04. The number of hydroxylamine groups is 2. The number of carbonyl (C=O) groups excluding carboxylic acids is 2. The maximum Gasteiger partial charge on any atom is 0.410 e. The fourth-order valence-electron chi connectivity index (χ4n) is 3.59. The first-order valence-electron chi connectivity index (χ1n) is 11.2. The van der Waals surface area contributed by atoms with Crippen molar-refractivity contribution >= 4 is 23.8 Å². The molecule has 2 atom stereocenters. The first kappa shape index (κ1) is 26.3. The molecule has 1 fully saturated rings. The van der Waals surface area contributed by atoms with Crippen LogP contribution in [0, 0.1) is 0 Å². The molecular weight excluding hydrogens is 430 g/mol. The Balaban J connectivity index is 1.87. The maximum absolute atomic E-state index is 12.8. The second kappa shape index (κ2) is 11.3. The molecule has 0 saturated carbocycles. The number of hydrogen-bond donors (Lipinski definition) is 2. The van der Waals surface area contributed by atoms with E-state index in [1.54, 1.807) is 11.8 Å². The molecule has 0 aromatic rings. The van der Waals surface area contributed by atoms with Crippen molar-refractivity contribution in [2.75, 3.05) is 33.2 Å². The Morgan fingerprint density at radius 1 is 1.34 bits per heavy atom. The molecule has 0 aliphatic carbocycles. The van der Waals surface area contributed by atoms with Gasteiger partial charge in [0.25, 0.3) is 5.91 Å². The second-order valence-corrected chi connectivity index (χ2v) is 10.2. The van der Waals surface area contributed by atoms with Crippen LogP contribution in [-0.2, 0) is 9.53 Å². The highest BCUT2D eigenvalue weighted by atomic mass is 32.2. The van der Waals surface area contributed by atoms with E-state index in [1.807, 2.05) is 58.8 Å². The second-order valence-electron chi connectivity index (χ2n) is 9.13. The topological polar surface area (TPSA) is 88.6 Å². The van der Waals surface area contributed by atoms with E-state index in [0.29, 0.717) is 31.1 Å². The summed E-state index contributed by atoms with van der Waals surface area (Å²) in [4.78, 5) is 31.7. The monoisotopic (exact) mass is 469 g/mol. The summed E-state index contributed by atoms with van der Waals surface area (Å²) in [6.07, 6.45) is 4.52. The lowest BCUT2D eigenvalue weighted by Crippen LogP contribution is -2.54. The van der Waals surface area contributed by atoms with Gasteiger partial charge in [-0.05, 0) is 41.0 Å². The van der Waals surface area contributed by atoms with Crippen LogP contribution in [0.5, 0.6) is 0 Å². The van der Waals surface area contributed by atoms with E-state index < -0.39 is 11.8 Å². The fourth-order valence-corrected chi connectivity index (χ4v) is 4.80. The molecule has 0 aromatic carbocycles. The number of rotatable bonds is 7. The van der Waals surface area contributed by atoms with Gasteiger partial charge in [-0.3, -0.25) is 14.9 Å². The molecule has 2 heterocycles. The Morgan fingerprint density at radius 3 is 2.50 bits per heavy atom. The van der Waals surface area contributed by atoms with Gasteiger partial charge in [-0.2, -0.15) is 0 Å². The van der Waals surface area contributed by atoms with Gasteiger partial charge in [0.05, 0.1) is 4.91 Å². The van der Waals surface area contributed by atoms with Gasteiger partial charge in [0.1, 0.15) is 17.3 Å². The largest absolute Gasteiger partial charge is 0.444 e. The smallest absolute Gasteiger partial charge is 0.410 e. The summed E-state index contributed by atoms with van der Waals surface area (Å²) in [6.45, 7) is 13.8. The number of hydrogen-bond acceptors (Lipinski definition) is 8. The van der Waals surface area contributed by atoms with Gasteiger partial charge in [0.2, 0.25) is 0 Å². The molecule has 2 aliphatic heterocycles. The summed E-state index contributed by atoms with van der Waals surface area (Å²) in [5.74, 6) is -0.213. The molecule has 0 radical (unpaired) electrons. The predicted molar refractivity (Wildman–Crippen MR) is 127 cm³/mol. The first-order chi connectivity index (χ1) is 15.0. The van der Waals surface area contributed by atoms with E-state index in [1.165, 1.54) is 11.8 Å². The molecule has 2 amide bonds. The average Bonchev–Trinajstić information content (AvgIpc) is 3.12. The van der Waals surface area contributed by atoms with Crippen molar-refractivity contribution in [1.82, 2.24) is 25.1 Å². The Labute approximate surface area is 196 Å². The molecule has 9 nitrogen and oxygen atoms in total. The minimum atomic E-state index is -0.538. The van der Waals surface area contributed by atoms with Crippen molar-refractivity contribution < 1.29 is 19.5 Å². The third-order valence-corrected chi connectivity index (χ3v) is 6.63. The van der Waals surface area contributed by atoms with Crippen molar-refractivity contribution in [1.29, 1.82) is 0 Å². The van der Waals surface area contributed by atoms with Crippen molar-refractivity contribution in [2.24, 2.45) is 0 Å². The van der Waals surface area contributed by atoms with Crippen LogP contribution in [0.1, 0.15) is 54.4 Å². The molecule has 32 heavy (non-hydrogen) atoms. The summed E-state index contributed by atoms with van der Waals surface area (Å²) in [6, 6.07) is 0. The molecule has 0 bridgehead atoms. The van der Waals surface area contributed by atoms with E-state index in [9.17, 15) is 14.8 Å². The summed E-state index contributed by atoms with van der Waals surface area (Å²) >= 11 is 1.48. The summed E-state index contributed by atoms with van der Waals surface area (Å²) in [5, 5.41) is 14.4. The average molecular weight is 470 g/mol. The summed E-state index contributed by atoms with van der Waals surface area (Å²) in [7, 11) is 1.94. The van der Waals surface area contributed by atoms with Gasteiger partial charge in [0.15, 0.2) is 0 Å². The van der Waals surface area contributed by atoms with E-state index in [4.69, 9.17) is 4.74 Å². The minimum Gasteiger partial charge on any atom is -0.444 e. The fraction of sp³-hybridized carbons (Fsp3) is 0.727. The van der Waals surface area contributed by atoms with Gasteiger partial charge >= 0.3 is 6.09 Å². The number of ether oxygens (including phenoxy) is 1. The highest BCUT2D eigenvalue weighted by Gasteiger charge is 2.35. The maximum atomic E-state index is 12.8. The molecular formula is C22H39N5O4S. The zero-order valence-electron chi connectivity index (χ0n) is 20.4. The normalized spacial score (nSPS) is 21.3. The molecule has 0 aromatic heterocycles. The van der Waals surface area contributed by atoms with E-state index in [0.717, 1.165) is 23.6 Å². The number of allylic oxidation sites excluding steroid dienone is 2. The van der Waals surface area contributed by atoms with Gasteiger partial charge in [-0.1, -0.05) is 31.2 Å². The van der Waals surface area contributed by atoms with Crippen LogP contribution in [0.2, 0.25) is 0 Å². The van der Waals surface area contributed by atoms with Crippen molar-refractivity contribution in [3.8, 4) is 0 Å². The van der Waals surface area contributed by atoms with E-state index >= 15 is 0 Å². The molecule has 10 heteroatoms. The molecule has 2 N–H and O–H groups in total. The number of piperazine rings is 1. The molecule has 1 saturated heterocycles. The summed E-state index contributed by atoms with van der Waals surface area (Å²) in [5.41, 5.74) is 0.266. The van der Waals surface area contributed by atoms with Crippen molar-refractivity contribution in [2.45, 2.75) is 71.6 Å². The van der Waals surface area contributed by atoms with Gasteiger partial charge in [0, 0.05) is 45.1 Å². The van der Waals surface area contributed by atoms with E-state index in [-0.39, 0.29) is 17.5 Å². The Hall–Kier alpha value is -1.91. The molecule has 0 spiro atoms. The zero-order chi connectivity index (χ0) is 24.1. The number of nitrogens with one attached hydrogen (secondary N) is 1. The molecule has 2 aliphatic rings. The zero-order valence-corrected chi connectivity index (χ0v) is 21.2. The Kier molecular flexibility index (Phi) is 9.29. The predicted octanol–water partition coefficient (Wildman–Crippen LogP) is 3.20. The lowest BCUT2D eigenvalue weighted by Gasteiger charge is -2.40. The number of thioether (sulfide) groups is 1. The lowest BCUT2D eigenvalue weighted by molar-refractivity contribution is -0.129. The number of nitrogens with zero attached hydrogens (tertiary/aromatic N) is 4. The molecule has 182 valence electrons. The van der Waals surface area contributed by atoms with E-state index in [2.05, 4.69) is 10.2 Å². The van der Waals surface area contributed by atoms with Crippen molar-refractivity contribution in [3.63, 3.8) is 0 Å². The van der Waals surface area contributed by atoms with Crippen molar-refractivity contribution in [3.05, 3.63) is 22.9 Å². The SMILES string of the molecule is CC=C(CCC)N(O)C(C)NC(=O)C1=CN(C)C(N2CCN(C(=O)OC(C)(C)C)CC2)S1. The number of amides is 2. The first-order valence-corrected chi connectivity index (χ1v) is 12.1. The van der Waals surface area contributed by atoms with Crippen LogP contribution >= 0.6 is 11.8 Å². The van der Waals surface area contributed by atoms with Gasteiger partial charge < -0.3 is 19.9 Å². The van der Waals surface area contributed by atoms with Crippen LogP contribution in [0.15, 0.2) is 22.9 Å². The highest BCUT2D eigenvalue weighted by Crippen LogP contribution is 2.34. The van der Waals surface area contributed by atoms with Crippen LogP contribution in [0.25, 0.3) is 0 Å². The van der Waals surface area contributed by atoms with Crippen LogP contribution in [0.3, 0.4) is 0 Å². The Bertz CT molecular complexity index is 728. The van der Waals surface area contributed by atoms with Crippen LogP contribution < -0.4 is 5.32 Å². The minimum absolute atomic E-state index is 0.0109.